The normalized spacial score (nSPS) is 15.7. The molecule has 0 fully saturated rings. The van der Waals surface area contributed by atoms with Crippen LogP contribution in [0.2, 0.25) is 0 Å². The van der Waals surface area contributed by atoms with Gasteiger partial charge < -0.3 is 15.2 Å². The van der Waals surface area contributed by atoms with Gasteiger partial charge in [-0.3, -0.25) is 4.68 Å². The summed E-state index contributed by atoms with van der Waals surface area (Å²) in [7, 11) is -2.10. The van der Waals surface area contributed by atoms with Crippen LogP contribution in [0.25, 0.3) is 6.08 Å². The van der Waals surface area contributed by atoms with E-state index in [9.17, 15) is 14.1 Å². The third-order valence-corrected chi connectivity index (χ3v) is 8.01. The summed E-state index contributed by atoms with van der Waals surface area (Å²) in [6.07, 6.45) is 7.75. The molecule has 0 saturated heterocycles. The van der Waals surface area contributed by atoms with Crippen LogP contribution in [0, 0.1) is 0 Å². The number of ether oxygens (including phenoxy) is 1. The Hall–Kier alpha value is -3.47. The second kappa shape index (κ2) is 9.44. The molecule has 2 amide bonds. The van der Waals surface area contributed by atoms with E-state index in [1.54, 1.807) is 21.0 Å². The number of methoxy groups -OCH3 is 1. The molecule has 1 unspecified atom stereocenters. The number of aliphatic hydroxyl groups is 1. The molecule has 1 atom stereocenters. The van der Waals surface area contributed by atoms with Crippen LogP contribution >= 0.6 is 0 Å². The number of carbonyl (C=O) groups is 1. The Morgan fingerprint density at radius 2 is 2.00 bits per heavy atom. The fourth-order valence-corrected chi connectivity index (χ4v) is 5.86. The van der Waals surface area contributed by atoms with Crippen LogP contribution in [-0.2, 0) is 41.3 Å². The number of benzene rings is 2. The minimum Gasteiger partial charge on any atom is -0.497 e. The zero-order valence-electron chi connectivity index (χ0n) is 21.2. The second-order valence-corrected chi connectivity index (χ2v) is 11.7. The molecule has 0 spiro atoms. The van der Waals surface area contributed by atoms with Crippen LogP contribution in [0.15, 0.2) is 51.9 Å². The number of anilines is 1. The zero-order valence-corrected chi connectivity index (χ0v) is 22.0. The zero-order chi connectivity index (χ0) is 26.4. The second-order valence-electron chi connectivity index (χ2n) is 9.94. The van der Waals surface area contributed by atoms with Crippen LogP contribution in [0.4, 0.5) is 10.5 Å². The highest BCUT2D eigenvalue weighted by molar-refractivity contribution is 7.91. The summed E-state index contributed by atoms with van der Waals surface area (Å²) in [6.45, 7) is 3.49. The first-order valence-corrected chi connectivity index (χ1v) is 13.8. The van der Waals surface area contributed by atoms with Gasteiger partial charge in [0.15, 0.2) is 14.9 Å². The quantitative estimate of drug-likeness (QED) is 0.448. The molecule has 3 aromatic rings. The van der Waals surface area contributed by atoms with Crippen molar-refractivity contribution in [2.45, 2.75) is 56.7 Å². The Labute approximate surface area is 216 Å². The van der Waals surface area contributed by atoms with Gasteiger partial charge in [-0.2, -0.15) is 5.10 Å². The fourth-order valence-electron chi connectivity index (χ4n) is 4.98. The van der Waals surface area contributed by atoms with Crippen LogP contribution < -0.4 is 15.2 Å². The van der Waals surface area contributed by atoms with Gasteiger partial charge in [0.25, 0.3) is 0 Å². The Balaban J connectivity index is 1.46. The van der Waals surface area contributed by atoms with Crippen LogP contribution in [0.1, 0.15) is 53.8 Å². The molecule has 0 aliphatic heterocycles. The van der Waals surface area contributed by atoms with E-state index >= 15 is 0 Å². The molecule has 5 rings (SSSR count). The number of aryl methyl sites for hydroxylation is 1. The number of nitrogens with one attached hydrogen (secondary N) is 1. The number of amides is 2. The van der Waals surface area contributed by atoms with Crippen molar-refractivity contribution in [3.8, 4) is 5.75 Å². The van der Waals surface area contributed by atoms with Crippen molar-refractivity contribution in [3.05, 3.63) is 76.0 Å². The standard InChI is InChI=1S/C27H31N5O4S/c1-27(2,34)23-15-24(30-32(23)16-17-10-12-20(36-3)13-11-17)37(28,35)31-26(33)29-25-21-8-4-6-18(21)14-19-7-5-9-22(19)25/h4,8,10-15,34H,5-7,9,16H2,1-3H3,(H3,28,29,31,33,35). The van der Waals surface area contributed by atoms with Crippen molar-refractivity contribution >= 4 is 27.7 Å². The van der Waals surface area contributed by atoms with Gasteiger partial charge in [0.05, 0.1) is 25.0 Å². The molecule has 2 aliphatic rings. The number of carbonyl (C=O) groups excluding carboxylic acids is 1. The molecule has 4 N–H and O–H groups in total. The van der Waals surface area contributed by atoms with Gasteiger partial charge >= 0.3 is 6.03 Å². The monoisotopic (exact) mass is 521 g/mol. The minimum absolute atomic E-state index is 0.0725. The predicted octanol–water partition coefficient (Wildman–Crippen LogP) is 4.16. The molecule has 10 heteroatoms. The number of hydrogen-bond donors (Lipinski definition) is 3. The maximum atomic E-state index is 13.4. The van der Waals surface area contributed by atoms with E-state index in [-0.39, 0.29) is 5.03 Å². The average Bonchev–Trinajstić information content (AvgIpc) is 3.58. The van der Waals surface area contributed by atoms with Gasteiger partial charge in [-0.1, -0.05) is 30.4 Å². The Morgan fingerprint density at radius 1 is 1.24 bits per heavy atom. The maximum Gasteiger partial charge on any atom is 0.354 e. The smallest absolute Gasteiger partial charge is 0.354 e. The molecule has 9 nitrogen and oxygen atoms in total. The minimum atomic E-state index is -3.69. The number of allylic oxidation sites excluding steroid dienone is 1. The molecule has 0 radical (unpaired) electrons. The Bertz CT molecular complexity index is 1520. The largest absolute Gasteiger partial charge is 0.497 e. The SMILES string of the molecule is COc1ccc(Cn2nc(S(N)(=O)=NC(=O)Nc3c4c(cc5c3CCC5)CC=C4)cc2C(C)(C)O)cc1. The van der Waals surface area contributed by atoms with Crippen LogP contribution in [0.3, 0.4) is 0 Å². The number of rotatable bonds is 6. The van der Waals surface area contributed by atoms with E-state index in [2.05, 4.69) is 26.9 Å². The molecule has 2 aromatic carbocycles. The van der Waals surface area contributed by atoms with E-state index in [0.29, 0.717) is 18.0 Å². The average molecular weight is 522 g/mol. The molecule has 2 aliphatic carbocycles. The van der Waals surface area contributed by atoms with Crippen molar-refractivity contribution in [1.82, 2.24) is 9.78 Å². The van der Waals surface area contributed by atoms with Crippen LogP contribution in [-0.4, -0.2) is 32.2 Å². The topological polar surface area (TPSA) is 132 Å². The lowest BCUT2D eigenvalue weighted by atomic mass is 9.98. The number of fused-ring (bicyclic) bond motifs is 2. The first-order valence-electron chi connectivity index (χ1n) is 12.2. The maximum absolute atomic E-state index is 13.4. The molecule has 37 heavy (non-hydrogen) atoms. The number of urea groups is 1. The van der Waals surface area contributed by atoms with Crippen LogP contribution in [0.5, 0.6) is 5.75 Å². The molecule has 194 valence electrons. The van der Waals surface area contributed by atoms with E-state index < -0.39 is 21.5 Å². The molecular formula is C27H31N5O4S. The van der Waals surface area contributed by atoms with Gasteiger partial charge in [0, 0.05) is 11.6 Å². The predicted molar refractivity (Wildman–Crippen MR) is 143 cm³/mol. The summed E-state index contributed by atoms with van der Waals surface area (Å²) in [4.78, 5) is 13.0. The van der Waals surface area contributed by atoms with Crippen molar-refractivity contribution in [2.24, 2.45) is 9.50 Å². The highest BCUT2D eigenvalue weighted by Crippen LogP contribution is 2.38. The molecular weight excluding hydrogens is 490 g/mol. The Morgan fingerprint density at radius 3 is 2.70 bits per heavy atom. The van der Waals surface area contributed by atoms with Crippen molar-refractivity contribution in [1.29, 1.82) is 0 Å². The summed E-state index contributed by atoms with van der Waals surface area (Å²) >= 11 is 0. The molecule has 1 aromatic heterocycles. The Kier molecular flexibility index (Phi) is 6.43. The molecule has 1 heterocycles. The lowest BCUT2D eigenvalue weighted by molar-refractivity contribution is 0.0688. The number of nitrogens with zero attached hydrogens (tertiary/aromatic N) is 3. The fraction of sp³-hybridized carbons (Fsp3) is 0.333. The summed E-state index contributed by atoms with van der Waals surface area (Å²) in [5.41, 5.74) is 5.19. The van der Waals surface area contributed by atoms with E-state index in [1.807, 2.05) is 30.3 Å². The third kappa shape index (κ3) is 5.04. The summed E-state index contributed by atoms with van der Waals surface area (Å²) < 4.78 is 24.0. The summed E-state index contributed by atoms with van der Waals surface area (Å²) in [5, 5.41) is 24.0. The van der Waals surface area contributed by atoms with Gasteiger partial charge in [-0.25, -0.2) is 14.1 Å². The number of nitrogens with two attached hydrogens (primary N) is 1. The van der Waals surface area contributed by atoms with Gasteiger partial charge in [0.1, 0.15) is 11.4 Å². The van der Waals surface area contributed by atoms with Gasteiger partial charge in [-0.15, -0.1) is 4.36 Å². The molecule has 0 saturated carbocycles. The van der Waals surface area contributed by atoms with Crippen molar-refractivity contribution in [3.63, 3.8) is 0 Å². The van der Waals surface area contributed by atoms with Gasteiger partial charge in [-0.05, 0) is 73.9 Å². The summed E-state index contributed by atoms with van der Waals surface area (Å²) in [5.74, 6) is 0.715. The van der Waals surface area contributed by atoms with Gasteiger partial charge in [0.2, 0.25) is 0 Å². The highest BCUT2D eigenvalue weighted by atomic mass is 32.2. The molecule has 0 bridgehead atoms. The first kappa shape index (κ1) is 25.2. The first-order chi connectivity index (χ1) is 17.5. The lowest BCUT2D eigenvalue weighted by Gasteiger charge is -2.19. The van der Waals surface area contributed by atoms with E-state index in [0.717, 1.165) is 53.6 Å². The van der Waals surface area contributed by atoms with E-state index in [4.69, 9.17) is 9.88 Å². The van der Waals surface area contributed by atoms with Crippen molar-refractivity contribution in [2.75, 3.05) is 12.4 Å². The lowest BCUT2D eigenvalue weighted by Crippen LogP contribution is -2.22. The number of hydrogen-bond acceptors (Lipinski definition) is 5. The van der Waals surface area contributed by atoms with E-state index in [1.165, 1.54) is 16.3 Å². The third-order valence-electron chi connectivity index (χ3n) is 6.77. The summed E-state index contributed by atoms with van der Waals surface area (Å²) in [6, 6.07) is 10.3. The highest BCUT2D eigenvalue weighted by Gasteiger charge is 2.27. The number of aromatic nitrogens is 2. The van der Waals surface area contributed by atoms with Crippen molar-refractivity contribution < 1.29 is 18.8 Å².